The van der Waals surface area contributed by atoms with Gasteiger partial charge >= 0.3 is 0 Å². The molecule has 0 spiro atoms. The molecule has 45 heavy (non-hydrogen) atoms. The van der Waals surface area contributed by atoms with Crippen molar-refractivity contribution >= 4 is 44.8 Å². The number of fused-ring (bicyclic) bond motifs is 2. The van der Waals surface area contributed by atoms with E-state index in [1.165, 1.54) is 29.5 Å². The molecule has 0 amide bonds. The Morgan fingerprint density at radius 2 is 1.13 bits per heavy atom. The van der Waals surface area contributed by atoms with E-state index in [0.29, 0.717) is 32.5 Å². The van der Waals surface area contributed by atoms with E-state index < -0.39 is 5.56 Å². The summed E-state index contributed by atoms with van der Waals surface area (Å²) in [6, 6.07) is 31.5. The van der Waals surface area contributed by atoms with Crippen molar-refractivity contribution in [1.82, 2.24) is 29.4 Å². The summed E-state index contributed by atoms with van der Waals surface area (Å²) in [6.45, 7) is 0.269. The van der Waals surface area contributed by atoms with Gasteiger partial charge in [-0.3, -0.25) is 9.59 Å². The molecule has 0 aliphatic heterocycles. The predicted octanol–water partition coefficient (Wildman–Crippen LogP) is 4.94. The molecule has 3 N–H and O–H groups in total. The number of para-hydroxylation sites is 2. The van der Waals surface area contributed by atoms with Crippen LogP contribution in [0.25, 0.3) is 22.1 Å². The summed E-state index contributed by atoms with van der Waals surface area (Å²) < 4.78 is 1.72. The van der Waals surface area contributed by atoms with Gasteiger partial charge in [-0.1, -0.05) is 66.7 Å². The molecule has 3 aromatic carbocycles. The number of anilines is 4. The van der Waals surface area contributed by atoms with Crippen LogP contribution in [0.1, 0.15) is 5.56 Å². The minimum Gasteiger partial charge on any atom is -0.423 e. The molecule has 0 atom stereocenters. The molecule has 12 nitrogen and oxygen atoms in total. The Balaban J connectivity index is 0.000000167. The summed E-state index contributed by atoms with van der Waals surface area (Å²) in [5, 5.41) is 17.2. The van der Waals surface area contributed by atoms with Crippen LogP contribution in [-0.2, 0) is 6.61 Å². The van der Waals surface area contributed by atoms with E-state index in [9.17, 15) is 14.8 Å². The van der Waals surface area contributed by atoms with Gasteiger partial charge in [-0.15, -0.1) is 9.46 Å². The van der Waals surface area contributed by atoms with Crippen molar-refractivity contribution in [2.45, 2.75) is 6.61 Å². The third-order valence-corrected chi connectivity index (χ3v) is 6.61. The fraction of sp³-hybridized carbons (Fsp3) is 0.0303. The monoisotopic (exact) mass is 598 g/mol. The van der Waals surface area contributed by atoms with E-state index in [-0.39, 0.29) is 17.8 Å². The molecule has 0 fully saturated rings. The molecule has 222 valence electrons. The molecule has 12 heteroatoms. The van der Waals surface area contributed by atoms with Crippen LogP contribution in [0.4, 0.5) is 22.7 Å². The van der Waals surface area contributed by atoms with Gasteiger partial charge in [0.25, 0.3) is 11.1 Å². The first-order valence-electron chi connectivity index (χ1n) is 13.8. The van der Waals surface area contributed by atoms with Crippen LogP contribution < -0.4 is 26.6 Å². The summed E-state index contributed by atoms with van der Waals surface area (Å²) in [7, 11) is 0. The second kappa shape index (κ2) is 13.2. The first-order valence-corrected chi connectivity index (χ1v) is 13.8. The van der Waals surface area contributed by atoms with Crippen molar-refractivity contribution in [1.29, 1.82) is 0 Å². The fourth-order valence-electron chi connectivity index (χ4n) is 4.49. The lowest BCUT2D eigenvalue weighted by Gasteiger charge is -2.14. The van der Waals surface area contributed by atoms with Gasteiger partial charge in [0.2, 0.25) is 0 Å². The molecular formula is C33H26N8O4. The van der Waals surface area contributed by atoms with E-state index in [2.05, 4.69) is 30.6 Å². The Kier molecular flexibility index (Phi) is 8.36. The number of aromatic nitrogens is 6. The van der Waals surface area contributed by atoms with Crippen molar-refractivity contribution in [2.24, 2.45) is 0 Å². The Labute approximate surface area is 255 Å². The van der Waals surface area contributed by atoms with Gasteiger partial charge < -0.3 is 20.7 Å². The van der Waals surface area contributed by atoms with Gasteiger partial charge in [0.15, 0.2) is 11.3 Å². The fourth-order valence-corrected chi connectivity index (χ4v) is 4.49. The average molecular weight is 599 g/mol. The largest absolute Gasteiger partial charge is 0.423 e. The zero-order chi connectivity index (χ0) is 31.0. The quantitative estimate of drug-likeness (QED) is 0.216. The normalized spacial score (nSPS) is 10.6. The van der Waals surface area contributed by atoms with Crippen molar-refractivity contribution in [3.8, 4) is 0 Å². The van der Waals surface area contributed by atoms with E-state index in [1.54, 1.807) is 12.4 Å². The minimum atomic E-state index is -0.551. The maximum atomic E-state index is 12.6. The number of hydrogen-bond acceptors (Lipinski definition) is 10. The van der Waals surface area contributed by atoms with Crippen LogP contribution in [0.2, 0.25) is 0 Å². The van der Waals surface area contributed by atoms with Crippen LogP contribution in [-0.4, -0.2) is 34.6 Å². The zero-order valence-electron chi connectivity index (χ0n) is 23.7. The summed E-state index contributed by atoms with van der Waals surface area (Å²) >= 11 is 0. The van der Waals surface area contributed by atoms with Gasteiger partial charge in [-0.05, 0) is 29.8 Å². The van der Waals surface area contributed by atoms with Crippen LogP contribution in [0.15, 0.2) is 138 Å². The molecule has 4 aromatic heterocycles. The van der Waals surface area contributed by atoms with Crippen LogP contribution in [0.5, 0.6) is 0 Å². The zero-order valence-corrected chi connectivity index (χ0v) is 23.7. The summed E-state index contributed by atoms with van der Waals surface area (Å²) in [6.07, 6.45) is 5.88. The second-order valence-corrected chi connectivity index (χ2v) is 9.66. The van der Waals surface area contributed by atoms with Crippen LogP contribution in [0, 0.1) is 0 Å². The van der Waals surface area contributed by atoms with Crippen LogP contribution in [0.3, 0.4) is 0 Å². The molecule has 4 heterocycles. The molecule has 7 aromatic rings. The number of nitrogens with zero attached hydrogens (tertiary/aromatic N) is 6. The van der Waals surface area contributed by atoms with E-state index in [1.807, 2.05) is 91.0 Å². The minimum absolute atomic E-state index is 0.168. The number of pyridine rings is 2. The smallest absolute Gasteiger partial charge is 0.287 e. The lowest BCUT2D eigenvalue weighted by molar-refractivity contribution is 0.0980. The summed E-state index contributed by atoms with van der Waals surface area (Å²) in [5.41, 5.74) is 3.60. The van der Waals surface area contributed by atoms with E-state index in [4.69, 9.17) is 4.84 Å². The molecule has 0 aliphatic rings. The highest BCUT2D eigenvalue weighted by molar-refractivity contribution is 5.91. The Hall–Kier alpha value is -6.56. The van der Waals surface area contributed by atoms with Gasteiger partial charge in [-0.2, -0.15) is 0 Å². The third-order valence-electron chi connectivity index (χ3n) is 6.61. The molecule has 0 saturated heterocycles. The average Bonchev–Trinajstić information content (AvgIpc) is 3.09. The van der Waals surface area contributed by atoms with Crippen molar-refractivity contribution < 1.29 is 10.0 Å². The van der Waals surface area contributed by atoms with Gasteiger partial charge in [0, 0.05) is 35.9 Å². The first-order chi connectivity index (χ1) is 22.1. The van der Waals surface area contributed by atoms with Gasteiger partial charge in [0.05, 0.1) is 22.1 Å². The number of hydrogen-bond donors (Lipinski definition) is 3. The maximum absolute atomic E-state index is 12.6. The highest BCUT2D eigenvalue weighted by Gasteiger charge is 2.12. The second-order valence-electron chi connectivity index (χ2n) is 9.66. The highest BCUT2D eigenvalue weighted by atomic mass is 16.7. The first kappa shape index (κ1) is 28.6. The number of benzene rings is 3. The molecule has 0 aliphatic carbocycles. The lowest BCUT2D eigenvalue weighted by atomic mass is 10.2. The summed E-state index contributed by atoms with van der Waals surface area (Å²) in [4.78, 5) is 46.1. The number of nitrogens with one attached hydrogen (secondary N) is 2. The molecule has 0 bridgehead atoms. The van der Waals surface area contributed by atoms with Crippen molar-refractivity contribution in [3.63, 3.8) is 0 Å². The SMILES string of the molecule is O=c1cc(Nc2ccccc2)c2cncnc2n1O.O=c1cc(Nc2ccccc2)c2cncnc2n1OCc1ccccc1. The highest BCUT2D eigenvalue weighted by Crippen LogP contribution is 2.23. The molecule has 7 rings (SSSR count). The summed E-state index contributed by atoms with van der Waals surface area (Å²) in [5.74, 6) is 0. The van der Waals surface area contributed by atoms with Crippen LogP contribution >= 0.6 is 0 Å². The van der Waals surface area contributed by atoms with E-state index >= 15 is 0 Å². The molecular weight excluding hydrogens is 572 g/mol. The standard InChI is InChI=1S/C20H16N4O2.C13H10N4O2/c25-19-11-18(23-16-9-5-2-6-10-16)17-12-21-14-22-20(17)24(19)26-13-15-7-3-1-4-8-15;18-12-6-11(16-9-4-2-1-3-5-9)10-7-14-8-15-13(10)17(12)19/h1-12,14,23H,13H2;1-8,16,19H. The number of rotatable bonds is 7. The maximum Gasteiger partial charge on any atom is 0.287 e. The Bertz CT molecular complexity index is 2170. The van der Waals surface area contributed by atoms with Crippen molar-refractivity contribution in [3.05, 3.63) is 154 Å². The Morgan fingerprint density at radius 1 is 0.644 bits per heavy atom. The van der Waals surface area contributed by atoms with Gasteiger partial charge in [-0.25, -0.2) is 19.9 Å². The molecule has 0 unspecified atom stereocenters. The van der Waals surface area contributed by atoms with E-state index in [0.717, 1.165) is 16.9 Å². The predicted molar refractivity (Wildman–Crippen MR) is 171 cm³/mol. The third kappa shape index (κ3) is 6.60. The Morgan fingerprint density at radius 3 is 1.71 bits per heavy atom. The molecule has 0 saturated carbocycles. The van der Waals surface area contributed by atoms with Gasteiger partial charge in [0.1, 0.15) is 19.3 Å². The topological polar surface area (TPSA) is 149 Å². The molecule has 0 radical (unpaired) electrons. The van der Waals surface area contributed by atoms with Crippen molar-refractivity contribution in [2.75, 3.05) is 10.6 Å². The lowest BCUT2D eigenvalue weighted by Crippen LogP contribution is -2.27.